The van der Waals surface area contributed by atoms with Gasteiger partial charge in [-0.2, -0.15) is 13.2 Å². The molecule has 1 N–H and O–H groups in total. The summed E-state index contributed by atoms with van der Waals surface area (Å²) in [6.07, 6.45) is -0.700. The summed E-state index contributed by atoms with van der Waals surface area (Å²) in [6.45, 7) is 7.29. The molecule has 1 saturated carbocycles. The second kappa shape index (κ2) is 8.30. The molecule has 1 heterocycles. The van der Waals surface area contributed by atoms with E-state index in [0.717, 1.165) is 47.5 Å². The maximum absolute atomic E-state index is 13.9. The molecule has 0 aliphatic heterocycles. The number of hydrogen-bond donors (Lipinski definition) is 1. The van der Waals surface area contributed by atoms with Gasteiger partial charge in [0.15, 0.2) is 0 Å². The van der Waals surface area contributed by atoms with E-state index >= 15 is 0 Å². The van der Waals surface area contributed by atoms with Crippen LogP contribution in [-0.4, -0.2) is 14.0 Å². The molecule has 1 fully saturated rings. The number of alkyl halides is 3. The summed E-state index contributed by atoms with van der Waals surface area (Å²) in [5.41, 5.74) is 0.883. The second-order valence-corrected chi connectivity index (χ2v) is 11.1. The first-order valence-corrected chi connectivity index (χ1v) is 11.8. The quantitative estimate of drug-likeness (QED) is 0.418. The number of hydrogen-bond acceptors (Lipinski definition) is 1. The lowest BCUT2D eigenvalue weighted by Crippen LogP contribution is -2.19. The lowest BCUT2D eigenvalue weighted by atomic mass is 9.96. The first kappa shape index (κ1) is 23.0. The van der Waals surface area contributed by atoms with E-state index in [1.165, 1.54) is 0 Å². The zero-order chi connectivity index (χ0) is 23.3. The topological polar surface area (TPSA) is 34.0 Å². The van der Waals surface area contributed by atoms with Crippen LogP contribution >= 0.6 is 0 Å². The van der Waals surface area contributed by atoms with Crippen molar-refractivity contribution < 1.29 is 21.8 Å². The third-order valence-electron chi connectivity index (χ3n) is 5.44. The van der Waals surface area contributed by atoms with Crippen molar-refractivity contribution in [1.82, 2.24) is 9.29 Å². The SMILES string of the molecule is CC(C)(C)Cn1cc(CNS(=O)C2CC2)c2ccc(-c3cc(F)ccc3C(F)(F)F)cc21. The van der Waals surface area contributed by atoms with E-state index in [4.69, 9.17) is 0 Å². The average Bonchev–Trinajstić information content (AvgIpc) is 3.48. The molecule has 0 saturated heterocycles. The molecule has 1 aromatic heterocycles. The van der Waals surface area contributed by atoms with Gasteiger partial charge in [-0.15, -0.1) is 0 Å². The summed E-state index contributed by atoms with van der Waals surface area (Å²) in [4.78, 5) is 0. The fourth-order valence-corrected chi connectivity index (χ4v) is 4.97. The van der Waals surface area contributed by atoms with Gasteiger partial charge in [0.25, 0.3) is 0 Å². The lowest BCUT2D eigenvalue weighted by molar-refractivity contribution is -0.137. The number of benzene rings is 2. The molecule has 8 heteroatoms. The van der Waals surface area contributed by atoms with Crippen LogP contribution in [0.25, 0.3) is 22.0 Å². The molecule has 1 aliphatic rings. The molecule has 3 nitrogen and oxygen atoms in total. The van der Waals surface area contributed by atoms with Gasteiger partial charge in [-0.05, 0) is 59.2 Å². The van der Waals surface area contributed by atoms with Gasteiger partial charge >= 0.3 is 6.18 Å². The predicted molar refractivity (Wildman–Crippen MR) is 120 cm³/mol. The zero-order valence-corrected chi connectivity index (χ0v) is 19.0. The Kier molecular flexibility index (Phi) is 5.96. The molecule has 0 radical (unpaired) electrons. The maximum Gasteiger partial charge on any atom is 0.417 e. The number of fused-ring (bicyclic) bond motifs is 1. The molecule has 32 heavy (non-hydrogen) atoms. The Bertz CT molecular complexity index is 1170. The molecular formula is C24H26F4N2OS. The predicted octanol–water partition coefficient (Wildman–Crippen LogP) is 6.43. The second-order valence-electron chi connectivity index (χ2n) is 9.58. The summed E-state index contributed by atoms with van der Waals surface area (Å²) < 4.78 is 71.9. The van der Waals surface area contributed by atoms with Crippen molar-refractivity contribution in [3.63, 3.8) is 0 Å². The summed E-state index contributed by atoms with van der Waals surface area (Å²) in [6, 6.07) is 7.60. The largest absolute Gasteiger partial charge is 0.417 e. The normalized spacial score (nSPS) is 16.0. The van der Waals surface area contributed by atoms with Gasteiger partial charge in [-0.25, -0.2) is 13.3 Å². The minimum atomic E-state index is -4.59. The monoisotopic (exact) mass is 466 g/mol. The molecule has 3 aromatic rings. The van der Waals surface area contributed by atoms with E-state index < -0.39 is 28.5 Å². The smallest absolute Gasteiger partial charge is 0.347 e. The Morgan fingerprint density at radius 2 is 1.81 bits per heavy atom. The van der Waals surface area contributed by atoms with Crippen molar-refractivity contribution in [1.29, 1.82) is 0 Å². The average molecular weight is 467 g/mol. The minimum Gasteiger partial charge on any atom is -0.347 e. The van der Waals surface area contributed by atoms with Crippen LogP contribution in [0.2, 0.25) is 0 Å². The van der Waals surface area contributed by atoms with Gasteiger partial charge in [0.1, 0.15) is 5.82 Å². The van der Waals surface area contributed by atoms with Crippen LogP contribution in [0, 0.1) is 11.2 Å². The minimum absolute atomic E-state index is 0.0700. The van der Waals surface area contributed by atoms with Crippen LogP contribution < -0.4 is 4.72 Å². The first-order chi connectivity index (χ1) is 14.9. The van der Waals surface area contributed by atoms with Crippen LogP contribution in [0.5, 0.6) is 0 Å². The molecule has 172 valence electrons. The van der Waals surface area contributed by atoms with Gasteiger partial charge in [-0.1, -0.05) is 32.9 Å². The fraction of sp³-hybridized carbons (Fsp3) is 0.417. The van der Waals surface area contributed by atoms with Crippen LogP contribution in [0.15, 0.2) is 42.6 Å². The van der Waals surface area contributed by atoms with E-state index in [9.17, 15) is 21.8 Å². The van der Waals surface area contributed by atoms with Crippen LogP contribution in [0.1, 0.15) is 44.7 Å². The van der Waals surface area contributed by atoms with Crippen molar-refractivity contribution in [3.8, 4) is 11.1 Å². The Morgan fingerprint density at radius 3 is 2.44 bits per heavy atom. The van der Waals surface area contributed by atoms with Crippen molar-refractivity contribution in [3.05, 3.63) is 59.5 Å². The van der Waals surface area contributed by atoms with E-state index in [0.29, 0.717) is 18.7 Å². The van der Waals surface area contributed by atoms with E-state index in [1.54, 1.807) is 18.2 Å². The Labute approximate surface area is 187 Å². The Hall–Kier alpha value is -2.19. The van der Waals surface area contributed by atoms with Crippen LogP contribution in [0.4, 0.5) is 17.6 Å². The van der Waals surface area contributed by atoms with E-state index in [-0.39, 0.29) is 16.2 Å². The first-order valence-electron chi connectivity index (χ1n) is 10.6. The van der Waals surface area contributed by atoms with E-state index in [1.807, 2.05) is 10.8 Å². The highest BCUT2D eigenvalue weighted by Gasteiger charge is 2.34. The number of aromatic nitrogens is 1. The molecule has 0 amide bonds. The highest BCUT2D eigenvalue weighted by atomic mass is 32.2. The third kappa shape index (κ3) is 5.07. The van der Waals surface area contributed by atoms with Crippen molar-refractivity contribution in [2.75, 3.05) is 0 Å². The summed E-state index contributed by atoms with van der Waals surface area (Å²) in [5.74, 6) is -0.717. The van der Waals surface area contributed by atoms with Gasteiger partial charge < -0.3 is 4.57 Å². The summed E-state index contributed by atoms with van der Waals surface area (Å²) in [5, 5.41) is 1.08. The molecule has 2 aromatic carbocycles. The molecule has 0 spiro atoms. The van der Waals surface area contributed by atoms with E-state index in [2.05, 4.69) is 25.5 Å². The number of halogens is 4. The highest BCUT2D eigenvalue weighted by molar-refractivity contribution is 7.83. The molecule has 4 rings (SSSR count). The standard InChI is InChI=1S/C24H26F4N2OS/c1-23(2,3)14-30-13-16(12-29-32(31)18-6-7-18)19-8-4-15(10-22(19)30)20-11-17(25)5-9-21(20)24(26,27)28/h4-5,8-11,13,18,29H,6-7,12,14H2,1-3H3. The molecule has 0 bridgehead atoms. The van der Waals surface area contributed by atoms with Crippen LogP contribution in [0.3, 0.4) is 0 Å². The van der Waals surface area contributed by atoms with Crippen molar-refractivity contribution in [2.24, 2.45) is 5.41 Å². The van der Waals surface area contributed by atoms with Gasteiger partial charge in [0.05, 0.1) is 16.5 Å². The third-order valence-corrected chi connectivity index (χ3v) is 6.95. The van der Waals surface area contributed by atoms with Crippen molar-refractivity contribution >= 4 is 21.9 Å². The highest BCUT2D eigenvalue weighted by Crippen LogP contribution is 2.39. The van der Waals surface area contributed by atoms with Gasteiger partial charge in [0.2, 0.25) is 0 Å². The molecule has 1 atom stereocenters. The molecular weight excluding hydrogens is 440 g/mol. The van der Waals surface area contributed by atoms with Gasteiger partial charge in [-0.3, -0.25) is 0 Å². The number of rotatable bonds is 6. The fourth-order valence-electron chi connectivity index (χ4n) is 3.87. The Morgan fingerprint density at radius 1 is 1.09 bits per heavy atom. The number of nitrogens with zero attached hydrogens (tertiary/aromatic N) is 1. The Balaban J connectivity index is 1.79. The summed E-state index contributed by atoms with van der Waals surface area (Å²) in [7, 11) is -1.09. The molecule has 1 unspecified atom stereocenters. The van der Waals surface area contributed by atoms with Crippen molar-refractivity contribution in [2.45, 2.75) is 58.1 Å². The lowest BCUT2D eigenvalue weighted by Gasteiger charge is -2.20. The maximum atomic E-state index is 13.9. The molecule has 1 aliphatic carbocycles. The van der Waals surface area contributed by atoms with Gasteiger partial charge in [0, 0.05) is 35.4 Å². The van der Waals surface area contributed by atoms with Crippen LogP contribution in [-0.2, 0) is 30.3 Å². The zero-order valence-electron chi connectivity index (χ0n) is 18.2. The number of nitrogens with one attached hydrogen (secondary N) is 1. The summed E-state index contributed by atoms with van der Waals surface area (Å²) >= 11 is 0.